The van der Waals surface area contributed by atoms with Crippen molar-refractivity contribution < 1.29 is 14.7 Å². The number of carbonyl (C=O) groups excluding carboxylic acids is 2. The number of benzene rings is 4. The molecular formula is C27H19ClN4O3. The molecule has 0 spiro atoms. The fourth-order valence-corrected chi connectivity index (χ4v) is 3.66. The van der Waals surface area contributed by atoms with Crippen molar-refractivity contribution in [1.29, 1.82) is 5.26 Å². The fraction of sp³-hybridized carbons (Fsp3) is 0.0370. The second-order valence-electron chi connectivity index (χ2n) is 7.60. The lowest BCUT2D eigenvalue weighted by molar-refractivity contribution is 0.0945. The van der Waals surface area contributed by atoms with Crippen LogP contribution in [-0.4, -0.2) is 23.1 Å². The lowest BCUT2D eigenvalue weighted by atomic mass is 9.99. The molecule has 4 aromatic carbocycles. The van der Waals surface area contributed by atoms with Crippen LogP contribution in [0, 0.1) is 11.3 Å². The van der Waals surface area contributed by atoms with Crippen molar-refractivity contribution in [2.45, 2.75) is 6.54 Å². The largest absolute Gasteiger partial charge is 0.506 e. The van der Waals surface area contributed by atoms with Gasteiger partial charge in [-0.25, -0.2) is 5.43 Å². The highest BCUT2D eigenvalue weighted by molar-refractivity contribution is 6.32. The van der Waals surface area contributed by atoms with Crippen molar-refractivity contribution in [3.05, 3.63) is 112 Å². The number of hydrazone groups is 1. The second kappa shape index (κ2) is 10.5. The van der Waals surface area contributed by atoms with Crippen LogP contribution >= 0.6 is 11.6 Å². The van der Waals surface area contributed by atoms with Gasteiger partial charge in [0, 0.05) is 23.2 Å². The minimum absolute atomic E-state index is 0.0701. The number of hydrogen-bond donors (Lipinski definition) is 3. The highest BCUT2D eigenvalue weighted by atomic mass is 35.5. The monoisotopic (exact) mass is 482 g/mol. The van der Waals surface area contributed by atoms with E-state index in [1.807, 2.05) is 24.3 Å². The van der Waals surface area contributed by atoms with Crippen LogP contribution < -0.4 is 10.7 Å². The number of halogens is 1. The Hall–Kier alpha value is -4.67. The van der Waals surface area contributed by atoms with Gasteiger partial charge < -0.3 is 10.4 Å². The summed E-state index contributed by atoms with van der Waals surface area (Å²) >= 11 is 5.85. The first-order valence-electron chi connectivity index (χ1n) is 10.6. The number of nitrogens with one attached hydrogen (secondary N) is 2. The van der Waals surface area contributed by atoms with Gasteiger partial charge in [0.05, 0.1) is 22.9 Å². The zero-order chi connectivity index (χ0) is 24.8. The smallest absolute Gasteiger partial charge is 0.271 e. The van der Waals surface area contributed by atoms with Gasteiger partial charge in [-0.05, 0) is 52.7 Å². The lowest BCUT2D eigenvalue weighted by Crippen LogP contribution is -2.23. The summed E-state index contributed by atoms with van der Waals surface area (Å²) in [6.45, 7) is 0.329. The molecule has 0 aliphatic carbocycles. The van der Waals surface area contributed by atoms with Gasteiger partial charge in [0.2, 0.25) is 0 Å². The van der Waals surface area contributed by atoms with Gasteiger partial charge >= 0.3 is 0 Å². The quantitative estimate of drug-likeness (QED) is 0.271. The third kappa shape index (κ3) is 5.46. The zero-order valence-corrected chi connectivity index (χ0v) is 19.1. The summed E-state index contributed by atoms with van der Waals surface area (Å²) in [7, 11) is 0. The molecule has 0 radical (unpaired) electrons. The van der Waals surface area contributed by atoms with Crippen LogP contribution in [-0.2, 0) is 6.54 Å². The molecule has 0 unspecified atom stereocenters. The van der Waals surface area contributed by atoms with Gasteiger partial charge in [0.25, 0.3) is 11.8 Å². The summed E-state index contributed by atoms with van der Waals surface area (Å²) in [6.07, 6.45) is 1.50. The van der Waals surface area contributed by atoms with E-state index in [-0.39, 0.29) is 22.2 Å². The number of rotatable bonds is 6. The lowest BCUT2D eigenvalue weighted by Gasteiger charge is -2.10. The first kappa shape index (κ1) is 23.5. The molecule has 3 N–H and O–H groups in total. The van der Waals surface area contributed by atoms with Crippen molar-refractivity contribution >= 4 is 40.4 Å². The van der Waals surface area contributed by atoms with Gasteiger partial charge in [-0.15, -0.1) is 0 Å². The molecule has 8 heteroatoms. The molecule has 7 nitrogen and oxygen atoms in total. The predicted molar refractivity (Wildman–Crippen MR) is 134 cm³/mol. The molecule has 0 aliphatic rings. The second-order valence-corrected chi connectivity index (χ2v) is 8.01. The summed E-state index contributed by atoms with van der Waals surface area (Å²) in [4.78, 5) is 25.2. The third-order valence-corrected chi connectivity index (χ3v) is 5.62. The number of carbonyl (C=O) groups is 2. The Morgan fingerprint density at radius 2 is 1.71 bits per heavy atom. The van der Waals surface area contributed by atoms with E-state index in [4.69, 9.17) is 16.9 Å². The Morgan fingerprint density at radius 3 is 2.43 bits per heavy atom. The number of fused-ring (bicyclic) bond motifs is 1. The van der Waals surface area contributed by atoms with Gasteiger partial charge in [-0.1, -0.05) is 54.1 Å². The van der Waals surface area contributed by atoms with Crippen LogP contribution in [0.4, 0.5) is 0 Å². The summed E-state index contributed by atoms with van der Waals surface area (Å²) in [5.74, 6) is -0.822. The first-order valence-corrected chi connectivity index (χ1v) is 10.9. The molecule has 0 heterocycles. The molecule has 4 aromatic rings. The van der Waals surface area contributed by atoms with Crippen molar-refractivity contribution in [3.63, 3.8) is 0 Å². The SMILES string of the molecule is N#Cc1ccc(CNC(=O)c2ccc(/C=N/NC(=O)c3ccc(O)c(Cl)c3)c3ccccc23)cc1. The van der Waals surface area contributed by atoms with Crippen molar-refractivity contribution in [2.75, 3.05) is 0 Å². The van der Waals surface area contributed by atoms with E-state index < -0.39 is 5.91 Å². The maximum atomic E-state index is 12.9. The Kier molecular flexibility index (Phi) is 7.05. The van der Waals surface area contributed by atoms with E-state index in [0.717, 1.165) is 16.3 Å². The zero-order valence-electron chi connectivity index (χ0n) is 18.3. The first-order chi connectivity index (χ1) is 17.0. The molecule has 2 amide bonds. The summed E-state index contributed by atoms with van der Waals surface area (Å²) in [6, 6.07) is 24.1. The minimum Gasteiger partial charge on any atom is -0.506 e. The third-order valence-electron chi connectivity index (χ3n) is 5.32. The molecule has 0 aromatic heterocycles. The van der Waals surface area contributed by atoms with Crippen molar-refractivity contribution in [1.82, 2.24) is 10.7 Å². The molecule has 4 rings (SSSR count). The molecule has 0 fully saturated rings. The molecule has 35 heavy (non-hydrogen) atoms. The summed E-state index contributed by atoms with van der Waals surface area (Å²) in [5.41, 5.74) is 5.36. The van der Waals surface area contributed by atoms with Crippen LogP contribution in [0.25, 0.3) is 10.8 Å². The molecule has 0 saturated carbocycles. The highest BCUT2D eigenvalue weighted by Gasteiger charge is 2.12. The van der Waals surface area contributed by atoms with Gasteiger partial charge in [-0.3, -0.25) is 9.59 Å². The number of amides is 2. The Bertz CT molecular complexity index is 1490. The Balaban J connectivity index is 1.49. The number of aromatic hydroxyl groups is 1. The molecule has 0 saturated heterocycles. The molecular weight excluding hydrogens is 464 g/mol. The predicted octanol–water partition coefficient (Wildman–Crippen LogP) is 4.76. The average molecular weight is 483 g/mol. The topological polar surface area (TPSA) is 115 Å². The number of phenols is 1. The molecule has 0 bridgehead atoms. The molecule has 0 aliphatic heterocycles. The standard InChI is InChI=1S/C27H19ClN4O3/c28-24-13-19(10-12-25(24)33)26(34)32-31-16-20-9-11-23(22-4-2-1-3-21(20)22)27(35)30-15-18-7-5-17(14-29)6-8-18/h1-13,16,33H,15H2,(H,30,35)(H,32,34)/b31-16+. The van der Waals surface area contributed by atoms with Gasteiger partial charge in [-0.2, -0.15) is 10.4 Å². The van der Waals surface area contributed by atoms with E-state index in [9.17, 15) is 14.7 Å². The maximum Gasteiger partial charge on any atom is 0.271 e. The highest BCUT2D eigenvalue weighted by Crippen LogP contribution is 2.24. The number of nitriles is 1. The van der Waals surface area contributed by atoms with E-state index in [1.165, 1.54) is 24.4 Å². The Labute approximate surface area is 206 Å². The van der Waals surface area contributed by atoms with Crippen LogP contribution in [0.15, 0.2) is 84.0 Å². The normalized spacial score (nSPS) is 10.7. The summed E-state index contributed by atoms with van der Waals surface area (Å²) < 4.78 is 0. The van der Waals surface area contributed by atoms with E-state index in [1.54, 1.807) is 36.4 Å². The van der Waals surface area contributed by atoms with Gasteiger partial charge in [0.1, 0.15) is 5.75 Å². The van der Waals surface area contributed by atoms with Gasteiger partial charge in [0.15, 0.2) is 0 Å². The van der Waals surface area contributed by atoms with Crippen molar-refractivity contribution in [2.24, 2.45) is 5.10 Å². The minimum atomic E-state index is -0.480. The summed E-state index contributed by atoms with van der Waals surface area (Å²) in [5, 5.41) is 26.9. The van der Waals surface area contributed by atoms with Crippen molar-refractivity contribution in [3.8, 4) is 11.8 Å². The maximum absolute atomic E-state index is 12.9. The Morgan fingerprint density at radius 1 is 0.971 bits per heavy atom. The number of nitrogens with zero attached hydrogens (tertiary/aromatic N) is 2. The molecule has 172 valence electrons. The number of hydrogen-bond acceptors (Lipinski definition) is 5. The number of phenolic OH excluding ortho intramolecular Hbond substituents is 1. The fourth-order valence-electron chi connectivity index (χ4n) is 3.48. The van der Waals surface area contributed by atoms with E-state index in [2.05, 4.69) is 21.9 Å². The van der Waals surface area contributed by atoms with Crippen LogP contribution in [0.3, 0.4) is 0 Å². The van der Waals surface area contributed by atoms with E-state index >= 15 is 0 Å². The van der Waals surface area contributed by atoms with Crippen LogP contribution in [0.1, 0.15) is 37.4 Å². The van der Waals surface area contributed by atoms with Crippen LogP contribution in [0.5, 0.6) is 5.75 Å². The molecule has 0 atom stereocenters. The average Bonchev–Trinajstić information content (AvgIpc) is 2.89. The van der Waals surface area contributed by atoms with E-state index in [0.29, 0.717) is 23.2 Å². The van der Waals surface area contributed by atoms with Crippen LogP contribution in [0.2, 0.25) is 5.02 Å².